The highest BCUT2D eigenvalue weighted by Gasteiger charge is 2.12. The second kappa shape index (κ2) is 14.5. The summed E-state index contributed by atoms with van der Waals surface area (Å²) in [5.41, 5.74) is 0. The minimum atomic E-state index is -4.09. The van der Waals surface area contributed by atoms with Crippen LogP contribution in [-0.4, -0.2) is 24.0 Å². The van der Waals surface area contributed by atoms with E-state index in [1.165, 1.54) is 25.7 Å². The van der Waals surface area contributed by atoms with Crippen LogP contribution in [0, 0.1) is 0 Å². The zero-order valence-electron chi connectivity index (χ0n) is 15.0. The van der Waals surface area contributed by atoms with E-state index in [1.807, 2.05) is 0 Å². The van der Waals surface area contributed by atoms with Crippen LogP contribution in [0.4, 0.5) is 0 Å². The molecule has 0 rings (SSSR count). The van der Waals surface area contributed by atoms with Crippen molar-refractivity contribution >= 4 is 16.1 Å². The smallest absolute Gasteiger partial charge is 0.303 e. The zero-order chi connectivity index (χ0) is 18.3. The first kappa shape index (κ1) is 23.1. The van der Waals surface area contributed by atoms with E-state index < -0.39 is 16.1 Å². The maximum absolute atomic E-state index is 11.4. The van der Waals surface area contributed by atoms with Gasteiger partial charge in [-0.15, -0.1) is 0 Å². The van der Waals surface area contributed by atoms with Gasteiger partial charge in [0.2, 0.25) is 0 Å². The Balaban J connectivity index is 3.94. The maximum atomic E-state index is 11.4. The van der Waals surface area contributed by atoms with Crippen LogP contribution in [0.5, 0.6) is 0 Å². The molecule has 5 nitrogen and oxygen atoms in total. The number of hydrogen-bond acceptors (Lipinski definition) is 3. The number of carboxylic acid groups (broad SMARTS) is 1. The van der Waals surface area contributed by atoms with E-state index in [1.54, 1.807) is 6.08 Å². The highest BCUT2D eigenvalue weighted by molar-refractivity contribution is 7.89. The molecule has 0 spiro atoms. The van der Waals surface area contributed by atoms with E-state index in [9.17, 15) is 17.8 Å². The van der Waals surface area contributed by atoms with Gasteiger partial charge in [0.25, 0.3) is 10.1 Å². The molecule has 0 amide bonds. The van der Waals surface area contributed by atoms with Gasteiger partial charge in [-0.25, -0.2) is 0 Å². The van der Waals surface area contributed by atoms with Crippen molar-refractivity contribution in [2.24, 2.45) is 0 Å². The SMILES string of the molecule is CCCCCCCC/C=C(\CCCCCCCC(=O)O)S(=O)(=O)O. The molecule has 0 radical (unpaired) electrons. The van der Waals surface area contributed by atoms with Crippen LogP contribution in [0.3, 0.4) is 0 Å². The lowest BCUT2D eigenvalue weighted by atomic mass is 10.1. The second-order valence-electron chi connectivity index (χ2n) is 6.36. The van der Waals surface area contributed by atoms with Crippen LogP contribution >= 0.6 is 0 Å². The second-order valence-corrected chi connectivity index (χ2v) is 7.84. The van der Waals surface area contributed by atoms with Crippen LogP contribution < -0.4 is 0 Å². The van der Waals surface area contributed by atoms with E-state index in [0.717, 1.165) is 32.1 Å². The van der Waals surface area contributed by atoms with Gasteiger partial charge >= 0.3 is 5.97 Å². The van der Waals surface area contributed by atoms with Crippen LogP contribution in [0.2, 0.25) is 0 Å². The van der Waals surface area contributed by atoms with Crippen LogP contribution in [0.25, 0.3) is 0 Å². The van der Waals surface area contributed by atoms with Crippen molar-refractivity contribution in [3.8, 4) is 0 Å². The van der Waals surface area contributed by atoms with Gasteiger partial charge in [-0.1, -0.05) is 64.4 Å². The molecule has 24 heavy (non-hydrogen) atoms. The van der Waals surface area contributed by atoms with Crippen molar-refractivity contribution in [2.75, 3.05) is 0 Å². The van der Waals surface area contributed by atoms with Gasteiger partial charge in [0.05, 0.1) is 4.91 Å². The Morgan fingerprint density at radius 1 is 0.833 bits per heavy atom. The normalized spacial score (nSPS) is 12.5. The Labute approximate surface area is 147 Å². The number of unbranched alkanes of at least 4 members (excludes halogenated alkanes) is 10. The maximum Gasteiger partial charge on any atom is 0.303 e. The molecule has 0 aromatic rings. The monoisotopic (exact) mass is 362 g/mol. The topological polar surface area (TPSA) is 91.7 Å². The summed E-state index contributed by atoms with van der Waals surface area (Å²) in [5, 5.41) is 8.54. The van der Waals surface area contributed by atoms with Gasteiger partial charge in [-0.05, 0) is 32.1 Å². The molecule has 0 unspecified atom stereocenters. The summed E-state index contributed by atoms with van der Waals surface area (Å²) in [6.45, 7) is 2.17. The van der Waals surface area contributed by atoms with Crippen molar-refractivity contribution in [2.45, 2.75) is 96.8 Å². The Morgan fingerprint density at radius 3 is 1.88 bits per heavy atom. The minimum absolute atomic E-state index is 0.140. The third kappa shape index (κ3) is 14.7. The van der Waals surface area contributed by atoms with Gasteiger partial charge in [-0.3, -0.25) is 9.35 Å². The number of aliphatic carboxylic acids is 1. The molecular formula is C18H34O5S. The number of rotatable bonds is 16. The molecular weight excluding hydrogens is 328 g/mol. The summed E-state index contributed by atoms with van der Waals surface area (Å²) >= 11 is 0. The lowest BCUT2D eigenvalue weighted by molar-refractivity contribution is -0.137. The molecule has 0 aromatic carbocycles. The Kier molecular flexibility index (Phi) is 13.9. The van der Waals surface area contributed by atoms with Gasteiger partial charge in [0.15, 0.2) is 0 Å². The first-order valence-electron chi connectivity index (χ1n) is 9.26. The molecule has 0 bridgehead atoms. The van der Waals surface area contributed by atoms with E-state index in [2.05, 4.69) is 6.92 Å². The summed E-state index contributed by atoms with van der Waals surface area (Å²) in [7, 11) is -4.09. The van der Waals surface area contributed by atoms with Gasteiger partial charge < -0.3 is 5.11 Å². The lowest BCUT2D eigenvalue weighted by Gasteiger charge is -2.05. The van der Waals surface area contributed by atoms with Crippen LogP contribution in [0.1, 0.15) is 96.8 Å². The lowest BCUT2D eigenvalue weighted by Crippen LogP contribution is -2.02. The molecule has 0 aliphatic rings. The fourth-order valence-electron chi connectivity index (χ4n) is 2.63. The molecule has 0 saturated carbocycles. The number of hydrogen-bond donors (Lipinski definition) is 2. The Morgan fingerprint density at radius 2 is 1.33 bits per heavy atom. The summed E-state index contributed by atoms with van der Waals surface area (Å²) in [6, 6.07) is 0. The van der Waals surface area contributed by atoms with E-state index in [0.29, 0.717) is 25.7 Å². The molecule has 0 aromatic heterocycles. The van der Waals surface area contributed by atoms with Crippen molar-refractivity contribution in [3.63, 3.8) is 0 Å². The fraction of sp³-hybridized carbons (Fsp3) is 0.833. The van der Waals surface area contributed by atoms with Crippen molar-refractivity contribution in [1.29, 1.82) is 0 Å². The highest BCUT2D eigenvalue weighted by atomic mass is 32.2. The summed E-state index contributed by atoms with van der Waals surface area (Å²) in [6.07, 6.45) is 13.8. The average Bonchev–Trinajstić information content (AvgIpc) is 2.49. The molecule has 0 atom stereocenters. The van der Waals surface area contributed by atoms with Crippen LogP contribution in [0.15, 0.2) is 11.0 Å². The number of carbonyl (C=O) groups is 1. The minimum Gasteiger partial charge on any atom is -0.481 e. The predicted octanol–water partition coefficient (Wildman–Crippen LogP) is 5.32. The predicted molar refractivity (Wildman–Crippen MR) is 97.6 cm³/mol. The molecule has 0 heterocycles. The van der Waals surface area contributed by atoms with Crippen LogP contribution in [-0.2, 0) is 14.9 Å². The molecule has 6 heteroatoms. The highest BCUT2D eigenvalue weighted by Crippen LogP contribution is 2.18. The number of allylic oxidation sites excluding steroid dienone is 2. The first-order chi connectivity index (χ1) is 11.4. The zero-order valence-corrected chi connectivity index (χ0v) is 15.8. The van der Waals surface area contributed by atoms with Crippen molar-refractivity contribution in [3.05, 3.63) is 11.0 Å². The molecule has 0 aliphatic heterocycles. The van der Waals surface area contributed by atoms with Gasteiger partial charge in [-0.2, -0.15) is 8.42 Å². The van der Waals surface area contributed by atoms with Crippen molar-refractivity contribution < 1.29 is 22.9 Å². The van der Waals surface area contributed by atoms with E-state index in [-0.39, 0.29) is 11.3 Å². The molecule has 2 N–H and O–H groups in total. The van der Waals surface area contributed by atoms with E-state index in [4.69, 9.17) is 5.11 Å². The van der Waals surface area contributed by atoms with Gasteiger partial charge in [0.1, 0.15) is 0 Å². The Hall–Kier alpha value is -0.880. The summed E-state index contributed by atoms with van der Waals surface area (Å²) in [5.74, 6) is -0.777. The first-order valence-corrected chi connectivity index (χ1v) is 10.7. The number of carboxylic acids is 1. The van der Waals surface area contributed by atoms with Gasteiger partial charge in [0, 0.05) is 6.42 Å². The summed E-state index contributed by atoms with van der Waals surface area (Å²) < 4.78 is 32.1. The molecule has 0 fully saturated rings. The quantitative estimate of drug-likeness (QED) is 0.286. The third-order valence-electron chi connectivity index (χ3n) is 4.07. The molecule has 0 saturated heterocycles. The standard InChI is InChI=1S/C18H34O5S/c1-2-3-4-5-6-8-11-14-17(24(21,22)23)15-12-9-7-10-13-16-18(19)20/h14H,2-13,15-16H2,1H3,(H,19,20)(H,21,22,23)/b17-14+. The van der Waals surface area contributed by atoms with E-state index >= 15 is 0 Å². The van der Waals surface area contributed by atoms with Crippen molar-refractivity contribution in [1.82, 2.24) is 0 Å². The third-order valence-corrected chi connectivity index (χ3v) is 5.11. The molecule has 142 valence electrons. The summed E-state index contributed by atoms with van der Waals surface area (Å²) in [4.78, 5) is 10.5. The fourth-order valence-corrected chi connectivity index (χ4v) is 3.36. The Bertz CT molecular complexity index is 454. The molecule has 0 aliphatic carbocycles. The largest absolute Gasteiger partial charge is 0.481 e. The average molecular weight is 363 g/mol.